The summed E-state index contributed by atoms with van der Waals surface area (Å²) in [6, 6.07) is 13.5. The van der Waals surface area contributed by atoms with Crippen LogP contribution in [0, 0.1) is 10.1 Å². The largest absolute Gasteiger partial charge is 0.380 e. The summed E-state index contributed by atoms with van der Waals surface area (Å²) in [6.07, 6.45) is 0.399. The Labute approximate surface area is 121 Å². The minimum atomic E-state index is -1.27. The van der Waals surface area contributed by atoms with Gasteiger partial charge in [0.05, 0.1) is 4.92 Å². The van der Waals surface area contributed by atoms with E-state index in [1.807, 2.05) is 25.1 Å². The second-order valence-corrected chi connectivity index (χ2v) is 4.91. The van der Waals surface area contributed by atoms with Gasteiger partial charge in [0.15, 0.2) is 0 Å². The highest BCUT2D eigenvalue weighted by Crippen LogP contribution is 2.36. The maximum Gasteiger partial charge on any atom is 0.288 e. The van der Waals surface area contributed by atoms with Gasteiger partial charge in [-0.3, -0.25) is 10.1 Å². The SMILES string of the molecule is CCC(O)(c1ccccc1)c1ccc(Cl)c([N+](=O)[O-])c1. The van der Waals surface area contributed by atoms with Crippen molar-refractivity contribution in [3.05, 3.63) is 74.8 Å². The van der Waals surface area contributed by atoms with Crippen LogP contribution in [0.15, 0.2) is 48.5 Å². The first-order chi connectivity index (χ1) is 9.49. The number of hydrogen-bond donors (Lipinski definition) is 1. The normalized spacial score (nSPS) is 13.8. The first-order valence-corrected chi connectivity index (χ1v) is 6.59. The van der Waals surface area contributed by atoms with Crippen LogP contribution in [-0.4, -0.2) is 10.0 Å². The van der Waals surface area contributed by atoms with Crippen molar-refractivity contribution in [1.82, 2.24) is 0 Å². The number of rotatable bonds is 4. The van der Waals surface area contributed by atoms with Crippen LogP contribution in [0.2, 0.25) is 5.02 Å². The molecule has 0 aliphatic heterocycles. The van der Waals surface area contributed by atoms with Crippen molar-refractivity contribution >= 4 is 17.3 Å². The Balaban J connectivity index is 2.58. The summed E-state index contributed by atoms with van der Waals surface area (Å²) in [5.74, 6) is 0. The molecular formula is C15H14ClNO3. The van der Waals surface area contributed by atoms with Gasteiger partial charge in [-0.2, -0.15) is 0 Å². The van der Waals surface area contributed by atoms with Crippen molar-refractivity contribution in [2.24, 2.45) is 0 Å². The number of benzene rings is 2. The van der Waals surface area contributed by atoms with Crippen molar-refractivity contribution in [1.29, 1.82) is 0 Å². The topological polar surface area (TPSA) is 63.4 Å². The van der Waals surface area contributed by atoms with Gasteiger partial charge in [-0.15, -0.1) is 0 Å². The molecule has 0 aliphatic rings. The molecule has 0 fully saturated rings. The molecule has 0 aromatic heterocycles. The molecule has 0 heterocycles. The zero-order valence-corrected chi connectivity index (χ0v) is 11.7. The lowest BCUT2D eigenvalue weighted by molar-refractivity contribution is -0.384. The molecule has 0 saturated carbocycles. The Hall–Kier alpha value is -1.91. The van der Waals surface area contributed by atoms with Crippen LogP contribution in [0.3, 0.4) is 0 Å². The average Bonchev–Trinajstić information content (AvgIpc) is 2.47. The number of nitro benzene ring substituents is 1. The third kappa shape index (κ3) is 2.53. The molecule has 1 unspecified atom stereocenters. The lowest BCUT2D eigenvalue weighted by Crippen LogP contribution is -2.26. The van der Waals surface area contributed by atoms with E-state index in [0.717, 1.165) is 0 Å². The number of nitro groups is 1. The average molecular weight is 292 g/mol. The van der Waals surface area contributed by atoms with E-state index >= 15 is 0 Å². The summed E-state index contributed by atoms with van der Waals surface area (Å²) in [6.45, 7) is 1.83. The zero-order valence-electron chi connectivity index (χ0n) is 10.9. The van der Waals surface area contributed by atoms with Crippen molar-refractivity contribution in [3.8, 4) is 0 Å². The van der Waals surface area contributed by atoms with Crippen LogP contribution >= 0.6 is 11.6 Å². The molecule has 0 amide bonds. The Morgan fingerprint density at radius 1 is 1.20 bits per heavy atom. The third-order valence-corrected chi connectivity index (χ3v) is 3.70. The molecule has 20 heavy (non-hydrogen) atoms. The van der Waals surface area contributed by atoms with Gasteiger partial charge in [-0.05, 0) is 23.6 Å². The molecule has 2 rings (SSSR count). The van der Waals surface area contributed by atoms with Crippen LogP contribution in [0.1, 0.15) is 24.5 Å². The van der Waals surface area contributed by atoms with Gasteiger partial charge in [0.2, 0.25) is 0 Å². The highest BCUT2D eigenvalue weighted by atomic mass is 35.5. The van der Waals surface area contributed by atoms with Gasteiger partial charge in [0, 0.05) is 6.07 Å². The number of hydrogen-bond acceptors (Lipinski definition) is 3. The van der Waals surface area contributed by atoms with E-state index in [1.165, 1.54) is 12.1 Å². The molecule has 0 saturated heterocycles. The van der Waals surface area contributed by atoms with E-state index in [9.17, 15) is 15.2 Å². The summed E-state index contributed by atoms with van der Waals surface area (Å²) in [7, 11) is 0. The lowest BCUT2D eigenvalue weighted by atomic mass is 9.84. The Bertz CT molecular complexity index is 630. The number of halogens is 1. The highest BCUT2D eigenvalue weighted by molar-refractivity contribution is 6.32. The Morgan fingerprint density at radius 2 is 1.85 bits per heavy atom. The molecule has 0 bridgehead atoms. The predicted molar refractivity (Wildman–Crippen MR) is 77.8 cm³/mol. The van der Waals surface area contributed by atoms with Crippen LogP contribution in [-0.2, 0) is 5.60 Å². The van der Waals surface area contributed by atoms with Crippen LogP contribution in [0.4, 0.5) is 5.69 Å². The van der Waals surface area contributed by atoms with Gasteiger partial charge in [0.25, 0.3) is 5.69 Å². The van der Waals surface area contributed by atoms with E-state index in [4.69, 9.17) is 11.6 Å². The molecule has 1 atom stereocenters. The van der Waals surface area contributed by atoms with Gasteiger partial charge in [0.1, 0.15) is 10.6 Å². The second kappa shape index (κ2) is 5.61. The van der Waals surface area contributed by atoms with E-state index < -0.39 is 10.5 Å². The smallest absolute Gasteiger partial charge is 0.288 e. The highest BCUT2D eigenvalue weighted by Gasteiger charge is 2.31. The maximum atomic E-state index is 11.0. The minimum absolute atomic E-state index is 0.0604. The van der Waals surface area contributed by atoms with Gasteiger partial charge in [-0.1, -0.05) is 54.9 Å². The van der Waals surface area contributed by atoms with Crippen LogP contribution in [0.5, 0.6) is 0 Å². The Morgan fingerprint density at radius 3 is 2.40 bits per heavy atom. The first kappa shape index (κ1) is 14.5. The van der Waals surface area contributed by atoms with Crippen LogP contribution < -0.4 is 0 Å². The molecule has 0 radical (unpaired) electrons. The predicted octanol–water partition coefficient (Wildman–Crippen LogP) is 3.89. The molecule has 0 aliphatic carbocycles. The zero-order chi connectivity index (χ0) is 14.8. The fraction of sp³-hybridized carbons (Fsp3) is 0.200. The Kier molecular flexibility index (Phi) is 4.06. The van der Waals surface area contributed by atoms with E-state index in [2.05, 4.69) is 0 Å². The van der Waals surface area contributed by atoms with Crippen molar-refractivity contribution in [3.63, 3.8) is 0 Å². The third-order valence-electron chi connectivity index (χ3n) is 3.38. The van der Waals surface area contributed by atoms with E-state index in [1.54, 1.807) is 18.2 Å². The van der Waals surface area contributed by atoms with Crippen molar-refractivity contribution in [2.75, 3.05) is 0 Å². The quantitative estimate of drug-likeness (QED) is 0.686. The second-order valence-electron chi connectivity index (χ2n) is 4.50. The van der Waals surface area contributed by atoms with E-state index in [0.29, 0.717) is 17.5 Å². The van der Waals surface area contributed by atoms with E-state index in [-0.39, 0.29) is 10.7 Å². The molecule has 1 N–H and O–H groups in total. The summed E-state index contributed by atoms with van der Waals surface area (Å²) >= 11 is 5.81. The summed E-state index contributed by atoms with van der Waals surface area (Å²) in [4.78, 5) is 10.4. The monoisotopic (exact) mass is 291 g/mol. The standard InChI is InChI=1S/C15H14ClNO3/c1-2-15(18,11-6-4-3-5-7-11)12-8-9-13(16)14(10-12)17(19)20/h3-10,18H,2H2,1H3. The molecule has 2 aromatic carbocycles. The fourth-order valence-electron chi connectivity index (χ4n) is 2.20. The van der Waals surface area contributed by atoms with Crippen molar-refractivity contribution in [2.45, 2.75) is 18.9 Å². The van der Waals surface area contributed by atoms with Gasteiger partial charge in [-0.25, -0.2) is 0 Å². The summed E-state index contributed by atoms with van der Waals surface area (Å²) in [5.41, 5.74) is -0.315. The number of nitrogens with zero attached hydrogens (tertiary/aromatic N) is 1. The fourth-order valence-corrected chi connectivity index (χ4v) is 2.39. The van der Waals surface area contributed by atoms with Gasteiger partial charge >= 0.3 is 0 Å². The first-order valence-electron chi connectivity index (χ1n) is 6.21. The lowest BCUT2D eigenvalue weighted by Gasteiger charge is -2.28. The molecule has 4 nitrogen and oxygen atoms in total. The van der Waals surface area contributed by atoms with Gasteiger partial charge < -0.3 is 5.11 Å². The summed E-state index contributed by atoms with van der Waals surface area (Å²) in [5, 5.41) is 21.9. The molecular weight excluding hydrogens is 278 g/mol. The molecule has 104 valence electrons. The number of aliphatic hydroxyl groups is 1. The minimum Gasteiger partial charge on any atom is -0.380 e. The molecule has 0 spiro atoms. The molecule has 2 aromatic rings. The van der Waals surface area contributed by atoms with Crippen LogP contribution in [0.25, 0.3) is 0 Å². The maximum absolute atomic E-state index is 11.0. The summed E-state index contributed by atoms with van der Waals surface area (Å²) < 4.78 is 0. The van der Waals surface area contributed by atoms with Crippen molar-refractivity contribution < 1.29 is 10.0 Å². The molecule has 5 heteroatoms.